The Morgan fingerprint density at radius 1 is 0.806 bits per heavy atom. The van der Waals surface area contributed by atoms with E-state index in [-0.39, 0.29) is 17.5 Å². The van der Waals surface area contributed by atoms with Crippen molar-refractivity contribution >= 4 is 28.9 Å². The first-order valence-corrected chi connectivity index (χ1v) is 11.5. The van der Waals surface area contributed by atoms with Crippen LogP contribution in [0.3, 0.4) is 0 Å². The van der Waals surface area contributed by atoms with Gasteiger partial charge in [-0.05, 0) is 45.0 Å². The first-order valence-electron chi connectivity index (χ1n) is 11.5. The van der Waals surface area contributed by atoms with Crippen molar-refractivity contribution in [1.29, 1.82) is 0 Å². The number of furan rings is 1. The molecule has 36 heavy (non-hydrogen) atoms. The number of hydrogen-bond acceptors (Lipinski definition) is 6. The average molecular weight is 481 g/mol. The largest absolute Gasteiger partial charge is 0.451 e. The lowest BCUT2D eigenvalue weighted by Gasteiger charge is -2.24. The van der Waals surface area contributed by atoms with E-state index in [2.05, 4.69) is 4.98 Å². The Hall–Kier alpha value is -4.65. The van der Waals surface area contributed by atoms with E-state index in [4.69, 9.17) is 13.6 Å². The molecule has 2 aromatic heterocycles. The van der Waals surface area contributed by atoms with E-state index in [0.717, 1.165) is 10.3 Å². The third kappa shape index (κ3) is 4.63. The molecule has 0 spiro atoms. The number of carbonyl (C=O) groups excluding carboxylic acids is 2. The van der Waals surface area contributed by atoms with Crippen molar-refractivity contribution in [3.05, 3.63) is 96.8 Å². The van der Waals surface area contributed by atoms with Crippen LogP contribution in [-0.4, -0.2) is 22.6 Å². The zero-order valence-corrected chi connectivity index (χ0v) is 20.1. The zero-order valence-electron chi connectivity index (χ0n) is 20.1. The highest BCUT2D eigenvalue weighted by molar-refractivity contribution is 6.19. The van der Waals surface area contributed by atoms with Gasteiger partial charge in [-0.3, -0.25) is 4.79 Å². The third-order valence-electron chi connectivity index (χ3n) is 5.30. The first kappa shape index (κ1) is 23.1. The predicted octanol–water partition coefficient (Wildman–Crippen LogP) is 7.34. The number of oxazole rings is 1. The molecule has 0 aliphatic carbocycles. The van der Waals surface area contributed by atoms with Crippen LogP contribution < -0.4 is 4.90 Å². The second kappa shape index (κ2) is 9.19. The molecular formula is C29H24N2O5. The molecule has 0 saturated heterocycles. The van der Waals surface area contributed by atoms with Gasteiger partial charge in [0.15, 0.2) is 5.76 Å². The molecule has 2 heterocycles. The van der Waals surface area contributed by atoms with Crippen LogP contribution in [0, 0.1) is 0 Å². The van der Waals surface area contributed by atoms with Crippen LogP contribution in [0.2, 0.25) is 0 Å². The Balaban J connectivity index is 1.69. The Morgan fingerprint density at radius 3 is 2.06 bits per heavy atom. The van der Waals surface area contributed by atoms with Gasteiger partial charge in [0.25, 0.3) is 0 Å². The zero-order chi connectivity index (χ0) is 25.3. The van der Waals surface area contributed by atoms with Gasteiger partial charge in [0.1, 0.15) is 16.9 Å². The molecule has 5 aromatic rings. The molecule has 0 saturated carbocycles. The fourth-order valence-electron chi connectivity index (χ4n) is 3.71. The van der Waals surface area contributed by atoms with E-state index >= 15 is 0 Å². The van der Waals surface area contributed by atoms with Gasteiger partial charge in [-0.25, -0.2) is 9.78 Å². The number of ether oxygens (including phenoxy) is 1. The molecular weight excluding hydrogens is 456 g/mol. The normalized spacial score (nSPS) is 11.4. The minimum Gasteiger partial charge on any atom is -0.451 e. The summed E-state index contributed by atoms with van der Waals surface area (Å²) in [5.41, 5.74) is 1.35. The van der Waals surface area contributed by atoms with Crippen LogP contribution in [0.1, 0.15) is 31.3 Å². The van der Waals surface area contributed by atoms with E-state index in [1.54, 1.807) is 32.9 Å². The quantitative estimate of drug-likeness (QED) is 0.268. The molecule has 2 amide bonds. The number of fused-ring (bicyclic) bond motifs is 1. The Kier molecular flexibility index (Phi) is 5.90. The van der Waals surface area contributed by atoms with Crippen LogP contribution in [0.4, 0.5) is 10.7 Å². The molecule has 7 heteroatoms. The van der Waals surface area contributed by atoms with Gasteiger partial charge in [-0.2, -0.15) is 4.90 Å². The van der Waals surface area contributed by atoms with Crippen molar-refractivity contribution in [3.63, 3.8) is 0 Å². The summed E-state index contributed by atoms with van der Waals surface area (Å²) in [6, 6.07) is 27.3. The second-order valence-electron chi connectivity index (χ2n) is 9.17. The fraction of sp³-hybridized carbons (Fsp3) is 0.138. The maximum absolute atomic E-state index is 13.8. The topological polar surface area (TPSA) is 85.8 Å². The summed E-state index contributed by atoms with van der Waals surface area (Å²) in [5, 5.41) is 0.732. The third-order valence-corrected chi connectivity index (χ3v) is 5.30. The van der Waals surface area contributed by atoms with Crippen LogP contribution >= 0.6 is 0 Å². The number of carbonyl (C=O) groups is 2. The molecule has 7 nitrogen and oxygen atoms in total. The second-order valence-corrected chi connectivity index (χ2v) is 9.17. The lowest BCUT2D eigenvalue weighted by atomic mass is 10.1. The van der Waals surface area contributed by atoms with Crippen molar-refractivity contribution in [2.24, 2.45) is 0 Å². The number of aromatic nitrogens is 1. The highest BCUT2D eigenvalue weighted by Gasteiger charge is 2.37. The van der Waals surface area contributed by atoms with Crippen LogP contribution in [-0.2, 0) is 4.74 Å². The first-order chi connectivity index (χ1) is 17.3. The molecule has 0 aliphatic rings. The number of rotatable bonds is 4. The molecule has 0 radical (unpaired) electrons. The molecule has 0 atom stereocenters. The lowest BCUT2D eigenvalue weighted by molar-refractivity contribution is 0.0554. The average Bonchev–Trinajstić information content (AvgIpc) is 3.49. The molecule has 3 aromatic carbocycles. The summed E-state index contributed by atoms with van der Waals surface area (Å²) < 4.78 is 17.5. The van der Waals surface area contributed by atoms with Gasteiger partial charge >= 0.3 is 12.0 Å². The summed E-state index contributed by atoms with van der Waals surface area (Å²) in [6.07, 6.45) is -0.902. The van der Waals surface area contributed by atoms with Crippen molar-refractivity contribution in [2.75, 3.05) is 4.90 Å². The van der Waals surface area contributed by atoms with Crippen LogP contribution in [0.5, 0.6) is 0 Å². The van der Waals surface area contributed by atoms with Gasteiger partial charge < -0.3 is 13.6 Å². The van der Waals surface area contributed by atoms with Gasteiger partial charge in [0.2, 0.25) is 11.8 Å². The monoisotopic (exact) mass is 480 g/mol. The highest BCUT2D eigenvalue weighted by atomic mass is 16.6. The summed E-state index contributed by atoms with van der Waals surface area (Å²) in [4.78, 5) is 32.8. The predicted molar refractivity (Wildman–Crippen MR) is 137 cm³/mol. The molecule has 5 rings (SSSR count). The van der Waals surface area contributed by atoms with E-state index in [9.17, 15) is 9.59 Å². The van der Waals surface area contributed by atoms with Gasteiger partial charge in [0, 0.05) is 16.5 Å². The SMILES string of the molecule is CC(C)(C)OC(=O)N(C(=O)c1cc2ccccc2o1)c1oc(-c2ccccc2)nc1-c1ccccc1. The number of nitrogens with zero attached hydrogens (tertiary/aromatic N) is 2. The summed E-state index contributed by atoms with van der Waals surface area (Å²) in [7, 11) is 0. The van der Waals surface area contributed by atoms with Gasteiger partial charge in [-0.15, -0.1) is 0 Å². The smallest absolute Gasteiger partial charge is 0.424 e. The number of para-hydroxylation sites is 1. The van der Waals surface area contributed by atoms with E-state index in [0.29, 0.717) is 22.4 Å². The van der Waals surface area contributed by atoms with Crippen molar-refractivity contribution in [2.45, 2.75) is 26.4 Å². The van der Waals surface area contributed by atoms with Crippen molar-refractivity contribution in [1.82, 2.24) is 4.98 Å². The fourth-order valence-corrected chi connectivity index (χ4v) is 3.71. The molecule has 0 unspecified atom stereocenters. The minimum absolute atomic E-state index is 0.0290. The highest BCUT2D eigenvalue weighted by Crippen LogP contribution is 2.37. The number of amides is 2. The summed E-state index contributed by atoms with van der Waals surface area (Å²) in [5.74, 6) is -0.553. The van der Waals surface area contributed by atoms with Crippen LogP contribution in [0.25, 0.3) is 33.7 Å². The van der Waals surface area contributed by atoms with Gasteiger partial charge in [0.05, 0.1) is 0 Å². The van der Waals surface area contributed by atoms with Crippen molar-refractivity contribution < 1.29 is 23.2 Å². The number of benzene rings is 3. The summed E-state index contributed by atoms with van der Waals surface area (Å²) in [6.45, 7) is 5.17. The molecule has 0 aliphatic heterocycles. The lowest BCUT2D eigenvalue weighted by Crippen LogP contribution is -2.41. The van der Waals surface area contributed by atoms with Gasteiger partial charge in [-0.1, -0.05) is 66.7 Å². The summed E-state index contributed by atoms with van der Waals surface area (Å²) >= 11 is 0. The maximum atomic E-state index is 13.8. The molecule has 0 bridgehead atoms. The Morgan fingerprint density at radius 2 is 1.42 bits per heavy atom. The van der Waals surface area contributed by atoms with Crippen molar-refractivity contribution in [3.8, 4) is 22.7 Å². The molecule has 180 valence electrons. The number of anilines is 1. The van der Waals surface area contributed by atoms with Crippen LogP contribution in [0.15, 0.2) is 99.8 Å². The number of imide groups is 1. The molecule has 0 fully saturated rings. The molecule has 0 N–H and O–H groups in total. The Bertz CT molecular complexity index is 1500. The standard InChI is InChI=1S/C29H24N2O5/c1-29(2,3)36-28(33)31(26(32)23-18-21-16-10-11-17-22(21)34-23)27-24(19-12-6-4-7-13-19)30-25(35-27)20-14-8-5-9-15-20/h4-18H,1-3H3. The number of hydrogen-bond donors (Lipinski definition) is 0. The van der Waals surface area contributed by atoms with E-state index in [1.807, 2.05) is 78.9 Å². The maximum Gasteiger partial charge on any atom is 0.424 e. The minimum atomic E-state index is -0.902. The van der Waals surface area contributed by atoms with E-state index in [1.165, 1.54) is 0 Å². The van der Waals surface area contributed by atoms with E-state index < -0.39 is 17.6 Å². The Labute approximate surface area is 207 Å².